The van der Waals surface area contributed by atoms with Gasteiger partial charge in [0.2, 0.25) is 0 Å². The number of amides is 1. The van der Waals surface area contributed by atoms with E-state index >= 15 is 0 Å². The summed E-state index contributed by atoms with van der Waals surface area (Å²) in [5.41, 5.74) is 4.14. The molecule has 3 aromatic carbocycles. The van der Waals surface area contributed by atoms with Gasteiger partial charge in [-0.3, -0.25) is 18.7 Å². The van der Waals surface area contributed by atoms with Crippen LogP contribution >= 0.6 is 0 Å². The highest BCUT2D eigenvalue weighted by atomic mass is 16.5. The first-order valence-electron chi connectivity index (χ1n) is 13.1. The lowest BCUT2D eigenvalue weighted by atomic mass is 10.1. The number of carbonyl (C=O) groups excluding carboxylic acids is 1. The van der Waals surface area contributed by atoms with Crippen LogP contribution in [0, 0.1) is 13.8 Å². The summed E-state index contributed by atoms with van der Waals surface area (Å²) in [4.78, 5) is 42.2. The Morgan fingerprint density at radius 3 is 2.15 bits per heavy atom. The zero-order valence-corrected chi connectivity index (χ0v) is 22.8. The Kier molecular flexibility index (Phi) is 7.28. The van der Waals surface area contributed by atoms with E-state index in [9.17, 15) is 14.4 Å². The van der Waals surface area contributed by atoms with Crippen LogP contribution in [-0.4, -0.2) is 47.3 Å². The molecule has 1 aliphatic heterocycles. The molecule has 1 amide bonds. The summed E-state index contributed by atoms with van der Waals surface area (Å²) in [5, 5.41) is 0.360. The van der Waals surface area contributed by atoms with Crippen LogP contribution in [0.1, 0.15) is 45.5 Å². The minimum absolute atomic E-state index is 0.0128. The summed E-state index contributed by atoms with van der Waals surface area (Å²) in [6, 6.07) is 16.6. The number of hydrogen-bond donors (Lipinski definition) is 0. The SMILES string of the molecule is COc1cc2c(=O)n(Cc3ccc(C(=O)N4CCCC4)cc3)c(=O)n(Cc3cc(C)ccc3C)c2cc1OC. The van der Waals surface area contributed by atoms with Crippen molar-refractivity contribution in [3.05, 3.63) is 103 Å². The fourth-order valence-corrected chi connectivity index (χ4v) is 5.22. The molecule has 5 rings (SSSR count). The molecule has 202 valence electrons. The smallest absolute Gasteiger partial charge is 0.332 e. The predicted molar refractivity (Wildman–Crippen MR) is 151 cm³/mol. The molecule has 0 bridgehead atoms. The Labute approximate surface area is 227 Å². The molecule has 4 aromatic rings. The van der Waals surface area contributed by atoms with Gasteiger partial charge in [-0.2, -0.15) is 0 Å². The van der Waals surface area contributed by atoms with E-state index in [1.165, 1.54) is 18.8 Å². The molecule has 39 heavy (non-hydrogen) atoms. The molecule has 1 fully saturated rings. The van der Waals surface area contributed by atoms with Crippen molar-refractivity contribution < 1.29 is 14.3 Å². The maximum absolute atomic E-state index is 13.9. The number of nitrogens with zero attached hydrogens (tertiary/aromatic N) is 3. The van der Waals surface area contributed by atoms with Crippen LogP contribution < -0.4 is 20.7 Å². The van der Waals surface area contributed by atoms with Crippen LogP contribution in [0.2, 0.25) is 0 Å². The van der Waals surface area contributed by atoms with Crippen molar-refractivity contribution in [2.75, 3.05) is 27.3 Å². The van der Waals surface area contributed by atoms with Gasteiger partial charge in [0.1, 0.15) is 0 Å². The largest absolute Gasteiger partial charge is 0.493 e. The molecule has 0 unspecified atom stereocenters. The first-order valence-corrected chi connectivity index (χ1v) is 13.1. The topological polar surface area (TPSA) is 82.8 Å². The first-order chi connectivity index (χ1) is 18.8. The summed E-state index contributed by atoms with van der Waals surface area (Å²) in [6.07, 6.45) is 2.05. The lowest BCUT2D eigenvalue weighted by Gasteiger charge is -2.18. The maximum Gasteiger partial charge on any atom is 0.332 e. The highest BCUT2D eigenvalue weighted by Crippen LogP contribution is 2.31. The van der Waals surface area contributed by atoms with Crippen LogP contribution in [-0.2, 0) is 13.1 Å². The zero-order valence-electron chi connectivity index (χ0n) is 22.8. The molecule has 0 aliphatic carbocycles. The molecule has 1 aliphatic rings. The maximum atomic E-state index is 13.9. The van der Waals surface area contributed by atoms with Gasteiger partial charge in [-0.15, -0.1) is 0 Å². The second-order valence-electron chi connectivity index (χ2n) is 10.1. The highest BCUT2D eigenvalue weighted by Gasteiger charge is 2.20. The highest BCUT2D eigenvalue weighted by molar-refractivity contribution is 5.94. The Balaban J connectivity index is 1.61. The van der Waals surface area contributed by atoms with Crippen LogP contribution in [0.25, 0.3) is 10.9 Å². The van der Waals surface area contributed by atoms with Crippen molar-refractivity contribution in [2.45, 2.75) is 39.8 Å². The minimum atomic E-state index is -0.419. The third-order valence-electron chi connectivity index (χ3n) is 7.50. The lowest BCUT2D eigenvalue weighted by molar-refractivity contribution is 0.0793. The number of fused-ring (bicyclic) bond motifs is 1. The van der Waals surface area contributed by atoms with Gasteiger partial charge in [0.05, 0.1) is 38.2 Å². The number of rotatable bonds is 7. The average Bonchev–Trinajstić information content (AvgIpc) is 3.49. The summed E-state index contributed by atoms with van der Waals surface area (Å²) in [6.45, 7) is 5.95. The number of methoxy groups -OCH3 is 2. The van der Waals surface area contributed by atoms with Gasteiger partial charge < -0.3 is 14.4 Å². The van der Waals surface area contributed by atoms with Gasteiger partial charge in [0.25, 0.3) is 11.5 Å². The molecule has 8 nitrogen and oxygen atoms in total. The van der Waals surface area contributed by atoms with Crippen LogP contribution in [0.15, 0.2) is 64.2 Å². The van der Waals surface area contributed by atoms with E-state index in [0.29, 0.717) is 34.5 Å². The van der Waals surface area contributed by atoms with Crippen molar-refractivity contribution in [3.8, 4) is 11.5 Å². The summed E-state index contributed by atoms with van der Waals surface area (Å²) in [5.74, 6) is 0.865. The van der Waals surface area contributed by atoms with Gasteiger partial charge in [0.15, 0.2) is 11.5 Å². The Morgan fingerprint density at radius 2 is 1.49 bits per heavy atom. The van der Waals surface area contributed by atoms with Crippen molar-refractivity contribution in [2.24, 2.45) is 0 Å². The molecule has 0 radical (unpaired) electrons. The second-order valence-corrected chi connectivity index (χ2v) is 10.1. The van der Waals surface area contributed by atoms with Gasteiger partial charge in [-0.1, -0.05) is 35.9 Å². The van der Waals surface area contributed by atoms with E-state index < -0.39 is 11.2 Å². The normalized spacial score (nSPS) is 13.2. The number of benzene rings is 3. The zero-order chi connectivity index (χ0) is 27.7. The van der Waals surface area contributed by atoms with E-state index in [1.54, 1.807) is 28.8 Å². The minimum Gasteiger partial charge on any atom is -0.493 e. The molecule has 0 N–H and O–H groups in total. The van der Waals surface area contributed by atoms with Crippen LogP contribution in [0.5, 0.6) is 11.5 Å². The number of likely N-dealkylation sites (tertiary alicyclic amines) is 1. The second kappa shape index (κ2) is 10.8. The Hall–Kier alpha value is -4.33. The van der Waals surface area contributed by atoms with Crippen molar-refractivity contribution in [1.82, 2.24) is 14.0 Å². The number of aryl methyl sites for hydroxylation is 2. The molecule has 8 heteroatoms. The molecule has 1 aromatic heterocycles. The average molecular weight is 528 g/mol. The number of hydrogen-bond acceptors (Lipinski definition) is 5. The summed E-state index contributed by atoms with van der Waals surface area (Å²) in [7, 11) is 3.04. The first kappa shape index (κ1) is 26.3. The van der Waals surface area contributed by atoms with Crippen LogP contribution in [0.3, 0.4) is 0 Å². The summed E-state index contributed by atoms with van der Waals surface area (Å²) >= 11 is 0. The van der Waals surface area contributed by atoms with Gasteiger partial charge in [0, 0.05) is 24.7 Å². The lowest BCUT2D eigenvalue weighted by Crippen LogP contribution is -2.40. The number of ether oxygens (including phenoxy) is 2. The molecular formula is C31H33N3O5. The monoisotopic (exact) mass is 527 g/mol. The molecule has 0 saturated carbocycles. The van der Waals surface area contributed by atoms with Crippen molar-refractivity contribution >= 4 is 16.8 Å². The van der Waals surface area contributed by atoms with Crippen molar-refractivity contribution in [3.63, 3.8) is 0 Å². The molecular weight excluding hydrogens is 494 g/mol. The van der Waals surface area contributed by atoms with E-state index in [1.807, 2.05) is 43.0 Å². The Morgan fingerprint density at radius 1 is 0.821 bits per heavy atom. The third kappa shape index (κ3) is 5.06. The van der Waals surface area contributed by atoms with E-state index in [0.717, 1.165) is 48.2 Å². The van der Waals surface area contributed by atoms with Crippen LogP contribution in [0.4, 0.5) is 0 Å². The molecule has 1 saturated heterocycles. The Bertz CT molecular complexity index is 1660. The van der Waals surface area contributed by atoms with E-state index in [2.05, 4.69) is 6.07 Å². The summed E-state index contributed by atoms with van der Waals surface area (Å²) < 4.78 is 13.8. The van der Waals surface area contributed by atoms with E-state index in [-0.39, 0.29) is 12.5 Å². The fourth-order valence-electron chi connectivity index (χ4n) is 5.22. The molecule has 2 heterocycles. The van der Waals surface area contributed by atoms with Gasteiger partial charge in [-0.05, 0) is 61.6 Å². The quantitative estimate of drug-likeness (QED) is 0.361. The predicted octanol–water partition coefficient (Wildman–Crippen LogP) is 4.13. The van der Waals surface area contributed by atoms with Gasteiger partial charge in [-0.25, -0.2) is 4.79 Å². The van der Waals surface area contributed by atoms with Crippen molar-refractivity contribution in [1.29, 1.82) is 0 Å². The van der Waals surface area contributed by atoms with E-state index in [4.69, 9.17) is 9.47 Å². The third-order valence-corrected chi connectivity index (χ3v) is 7.50. The molecule has 0 spiro atoms. The fraction of sp³-hybridized carbons (Fsp3) is 0.323. The number of carbonyl (C=O) groups is 1. The standard InChI is InChI=1S/C31H33N3O5/c1-20-7-8-21(2)24(15-20)19-33-26-17-28(39-4)27(38-3)16-25(26)30(36)34(31(33)37)18-22-9-11-23(12-10-22)29(35)32-13-5-6-14-32/h7-12,15-17H,5-6,13-14,18-19H2,1-4H3. The molecule has 0 atom stereocenters. The van der Waals surface area contributed by atoms with Gasteiger partial charge >= 0.3 is 5.69 Å². The number of aromatic nitrogens is 2.